The molecule has 2 aliphatic rings. The normalized spacial score (nSPS) is 16.7. The molecular formula is C22H19ClN4O6S2. The Morgan fingerprint density at radius 1 is 1.14 bits per heavy atom. The molecule has 1 N–H and O–H groups in total. The third kappa shape index (κ3) is 5.50. The van der Waals surface area contributed by atoms with Crippen molar-refractivity contribution in [3.63, 3.8) is 0 Å². The Bertz CT molecular complexity index is 1400. The van der Waals surface area contributed by atoms with Crippen LogP contribution in [0.1, 0.15) is 5.56 Å². The van der Waals surface area contributed by atoms with Gasteiger partial charge in [0, 0.05) is 12.3 Å². The number of carbonyl (C=O) groups excluding carboxylic acids is 1. The zero-order valence-corrected chi connectivity index (χ0v) is 20.9. The molecule has 182 valence electrons. The van der Waals surface area contributed by atoms with Crippen molar-refractivity contribution in [1.82, 2.24) is 4.90 Å². The van der Waals surface area contributed by atoms with Crippen LogP contribution in [0.4, 0.5) is 0 Å². The molecule has 4 rings (SSSR count). The minimum atomic E-state index is -3.72. The van der Waals surface area contributed by atoms with Crippen molar-refractivity contribution in [3.05, 3.63) is 58.6 Å². The second kappa shape index (κ2) is 10.1. The van der Waals surface area contributed by atoms with E-state index in [9.17, 15) is 13.2 Å². The number of aliphatic imine (C=N–C) groups is 1. The molecule has 0 radical (unpaired) electrons. The number of rotatable bonds is 7. The smallest absolute Gasteiger partial charge is 0.283 e. The van der Waals surface area contributed by atoms with Crippen LogP contribution in [0.25, 0.3) is 6.08 Å². The van der Waals surface area contributed by atoms with Crippen molar-refractivity contribution in [3.8, 4) is 17.2 Å². The second-order valence-electron chi connectivity index (χ2n) is 7.24. The lowest BCUT2D eigenvalue weighted by Crippen LogP contribution is -2.45. The minimum absolute atomic E-state index is 0.0236. The molecule has 2 aromatic carbocycles. The summed E-state index contributed by atoms with van der Waals surface area (Å²) in [6.45, 7) is 0.511. The van der Waals surface area contributed by atoms with E-state index in [2.05, 4.69) is 9.39 Å². The standard InChI is InChI=1S/C22H19ClN4O6S2/c1-31-14-4-3-5-15(12-14)32-8-9-33-18-7-6-13(11-17(18)23)10-16-19(24)27-21(25-20(16)28)34-26-22(27)35(2,29)30/h3-7,10-12,24H,8-9H2,1-2H3/b16-10-,24-19?. The molecule has 10 nitrogen and oxygen atoms in total. The molecule has 2 heterocycles. The summed E-state index contributed by atoms with van der Waals surface area (Å²) in [7, 11) is -2.15. The number of amidine groups is 3. The highest BCUT2D eigenvalue weighted by atomic mass is 35.5. The van der Waals surface area contributed by atoms with Crippen molar-refractivity contribution in [2.45, 2.75) is 0 Å². The van der Waals surface area contributed by atoms with E-state index in [1.54, 1.807) is 37.4 Å². The maximum atomic E-state index is 12.5. The first kappa shape index (κ1) is 24.8. The van der Waals surface area contributed by atoms with Crippen LogP contribution in [0, 0.1) is 5.41 Å². The van der Waals surface area contributed by atoms with Gasteiger partial charge in [-0.2, -0.15) is 9.39 Å². The number of hydrogen-bond donors (Lipinski definition) is 1. The molecule has 0 bridgehead atoms. The van der Waals surface area contributed by atoms with Gasteiger partial charge >= 0.3 is 0 Å². The number of benzene rings is 2. The van der Waals surface area contributed by atoms with Gasteiger partial charge in [-0.1, -0.05) is 23.7 Å². The van der Waals surface area contributed by atoms with Gasteiger partial charge in [0.15, 0.2) is 0 Å². The molecule has 0 aromatic heterocycles. The van der Waals surface area contributed by atoms with Gasteiger partial charge < -0.3 is 14.2 Å². The molecule has 0 unspecified atom stereocenters. The van der Waals surface area contributed by atoms with E-state index in [-0.39, 0.29) is 40.0 Å². The third-order valence-electron chi connectivity index (χ3n) is 4.74. The van der Waals surface area contributed by atoms with Crippen molar-refractivity contribution in [2.75, 3.05) is 26.6 Å². The molecule has 0 atom stereocenters. The van der Waals surface area contributed by atoms with Crippen molar-refractivity contribution < 1.29 is 27.4 Å². The van der Waals surface area contributed by atoms with E-state index in [1.165, 1.54) is 6.08 Å². The predicted molar refractivity (Wildman–Crippen MR) is 135 cm³/mol. The molecule has 0 fully saturated rings. The summed E-state index contributed by atoms with van der Waals surface area (Å²) in [6.07, 6.45) is 2.39. The fourth-order valence-corrected chi connectivity index (χ4v) is 5.22. The number of hydrogen-bond acceptors (Lipinski definition) is 9. The first-order chi connectivity index (χ1) is 16.7. The lowest BCUT2D eigenvalue weighted by molar-refractivity contribution is -0.114. The van der Waals surface area contributed by atoms with Gasteiger partial charge in [0.1, 0.15) is 36.3 Å². The van der Waals surface area contributed by atoms with Crippen molar-refractivity contribution in [2.24, 2.45) is 9.39 Å². The Hall–Kier alpha value is -3.35. The fourth-order valence-electron chi connectivity index (χ4n) is 3.13. The number of nitrogens with zero attached hydrogens (tertiary/aromatic N) is 3. The number of methoxy groups -OCH3 is 1. The van der Waals surface area contributed by atoms with E-state index in [0.29, 0.717) is 22.8 Å². The lowest BCUT2D eigenvalue weighted by Gasteiger charge is -2.23. The number of nitrogens with one attached hydrogen (secondary N) is 1. The minimum Gasteiger partial charge on any atom is -0.497 e. The van der Waals surface area contributed by atoms with Gasteiger partial charge in [0.05, 0.1) is 29.7 Å². The molecular weight excluding hydrogens is 516 g/mol. The Labute approximate surface area is 210 Å². The van der Waals surface area contributed by atoms with Crippen LogP contribution < -0.4 is 14.2 Å². The van der Waals surface area contributed by atoms with E-state index < -0.39 is 15.7 Å². The van der Waals surface area contributed by atoms with Crippen LogP contribution >= 0.6 is 23.5 Å². The van der Waals surface area contributed by atoms with Gasteiger partial charge in [-0.15, -0.1) is 0 Å². The number of fused-ring (bicyclic) bond motifs is 1. The lowest BCUT2D eigenvalue weighted by atomic mass is 10.1. The highest BCUT2D eigenvalue weighted by Gasteiger charge is 2.41. The van der Waals surface area contributed by atoms with Gasteiger partial charge in [-0.3, -0.25) is 10.2 Å². The zero-order chi connectivity index (χ0) is 25.2. The highest BCUT2D eigenvalue weighted by Crippen LogP contribution is 2.31. The molecule has 0 saturated heterocycles. The SMILES string of the molecule is COc1cccc(OCCOc2ccc(/C=C3/C(=N)N4C(=NC3=O)SN=C4S(C)(=O)=O)cc2Cl)c1. The Balaban J connectivity index is 1.43. The van der Waals surface area contributed by atoms with E-state index in [0.717, 1.165) is 23.1 Å². The van der Waals surface area contributed by atoms with Gasteiger partial charge in [-0.05, 0) is 35.9 Å². The molecule has 0 aliphatic carbocycles. The van der Waals surface area contributed by atoms with E-state index >= 15 is 0 Å². The Kier molecular flexibility index (Phi) is 7.15. The molecule has 0 spiro atoms. The zero-order valence-electron chi connectivity index (χ0n) is 18.5. The molecule has 1 amide bonds. The quantitative estimate of drug-likeness (QED) is 0.325. The van der Waals surface area contributed by atoms with Crippen LogP contribution in [0.3, 0.4) is 0 Å². The molecule has 13 heteroatoms. The number of ether oxygens (including phenoxy) is 3. The first-order valence-electron chi connectivity index (χ1n) is 10.1. The number of carbonyl (C=O) groups is 1. The third-order valence-corrected chi connectivity index (χ3v) is 6.79. The van der Waals surface area contributed by atoms with Crippen molar-refractivity contribution in [1.29, 1.82) is 5.41 Å². The summed E-state index contributed by atoms with van der Waals surface area (Å²) in [6, 6.07) is 12.0. The summed E-state index contributed by atoms with van der Waals surface area (Å²) >= 11 is 7.07. The predicted octanol–water partition coefficient (Wildman–Crippen LogP) is 3.43. The van der Waals surface area contributed by atoms with Crippen LogP contribution in [-0.4, -0.2) is 62.0 Å². The number of sulfone groups is 1. The number of amides is 1. The Morgan fingerprint density at radius 2 is 1.89 bits per heavy atom. The highest BCUT2D eigenvalue weighted by molar-refractivity contribution is 8.16. The molecule has 2 aromatic rings. The average Bonchev–Trinajstić information content (AvgIpc) is 3.25. The average molecular weight is 535 g/mol. The summed E-state index contributed by atoms with van der Waals surface area (Å²) in [5.41, 5.74) is 0.412. The molecule has 0 saturated carbocycles. The van der Waals surface area contributed by atoms with E-state index in [1.807, 2.05) is 12.1 Å². The first-order valence-corrected chi connectivity index (χ1v) is 13.1. The maximum absolute atomic E-state index is 12.5. The molecule has 2 aliphatic heterocycles. The van der Waals surface area contributed by atoms with Crippen LogP contribution in [0.2, 0.25) is 5.02 Å². The van der Waals surface area contributed by atoms with Crippen LogP contribution in [0.15, 0.2) is 57.4 Å². The Morgan fingerprint density at radius 3 is 2.60 bits per heavy atom. The summed E-state index contributed by atoms with van der Waals surface area (Å²) in [5, 5.41) is 8.35. The van der Waals surface area contributed by atoms with Crippen LogP contribution in [0.5, 0.6) is 17.2 Å². The topological polar surface area (TPSA) is 131 Å². The van der Waals surface area contributed by atoms with Crippen LogP contribution in [-0.2, 0) is 14.6 Å². The van der Waals surface area contributed by atoms with Gasteiger partial charge in [0.2, 0.25) is 20.2 Å². The fraction of sp³-hybridized carbons (Fsp3) is 0.182. The molecule has 35 heavy (non-hydrogen) atoms. The largest absolute Gasteiger partial charge is 0.497 e. The van der Waals surface area contributed by atoms with Gasteiger partial charge in [0.25, 0.3) is 5.91 Å². The summed E-state index contributed by atoms with van der Waals surface area (Å²) < 4.78 is 44.3. The van der Waals surface area contributed by atoms with E-state index in [4.69, 9.17) is 31.2 Å². The maximum Gasteiger partial charge on any atom is 0.283 e. The van der Waals surface area contributed by atoms with Gasteiger partial charge in [-0.25, -0.2) is 13.3 Å². The monoisotopic (exact) mass is 534 g/mol. The van der Waals surface area contributed by atoms with Crippen molar-refractivity contribution >= 4 is 61.5 Å². The summed E-state index contributed by atoms with van der Waals surface area (Å²) in [5.74, 6) is 0.735. The number of halogens is 1. The second-order valence-corrected chi connectivity index (χ2v) is 10.3. The summed E-state index contributed by atoms with van der Waals surface area (Å²) in [4.78, 5) is 17.4.